The SMILES string of the molecule is CN(C)C(C1CCC1)C(C)(C)CCN. The minimum Gasteiger partial charge on any atom is -0.330 e. The molecule has 0 aliphatic heterocycles. The summed E-state index contributed by atoms with van der Waals surface area (Å²) in [6.07, 6.45) is 5.38. The van der Waals surface area contributed by atoms with Crippen molar-refractivity contribution < 1.29 is 0 Å². The molecule has 1 fully saturated rings. The van der Waals surface area contributed by atoms with Crippen LogP contribution < -0.4 is 5.73 Å². The van der Waals surface area contributed by atoms with E-state index < -0.39 is 0 Å². The van der Waals surface area contributed by atoms with E-state index in [-0.39, 0.29) is 0 Å². The summed E-state index contributed by atoms with van der Waals surface area (Å²) in [5.74, 6) is 0.909. The summed E-state index contributed by atoms with van der Waals surface area (Å²) >= 11 is 0. The molecule has 14 heavy (non-hydrogen) atoms. The van der Waals surface area contributed by atoms with Crippen molar-refractivity contribution in [2.24, 2.45) is 17.1 Å². The predicted octanol–water partition coefficient (Wildman–Crippen LogP) is 2.09. The fourth-order valence-corrected chi connectivity index (χ4v) is 3.03. The van der Waals surface area contributed by atoms with Gasteiger partial charge in [-0.25, -0.2) is 0 Å². The predicted molar refractivity (Wildman–Crippen MR) is 62.3 cm³/mol. The topological polar surface area (TPSA) is 29.3 Å². The maximum absolute atomic E-state index is 5.69. The van der Waals surface area contributed by atoms with Gasteiger partial charge in [0.25, 0.3) is 0 Å². The van der Waals surface area contributed by atoms with E-state index in [0.29, 0.717) is 11.5 Å². The second-order valence-electron chi connectivity index (χ2n) is 5.63. The van der Waals surface area contributed by atoms with Crippen LogP contribution in [0.5, 0.6) is 0 Å². The van der Waals surface area contributed by atoms with Gasteiger partial charge in [-0.15, -0.1) is 0 Å². The van der Waals surface area contributed by atoms with Crippen LogP contribution >= 0.6 is 0 Å². The van der Waals surface area contributed by atoms with Gasteiger partial charge in [-0.3, -0.25) is 0 Å². The molecule has 0 bridgehead atoms. The molecule has 0 saturated heterocycles. The fourth-order valence-electron chi connectivity index (χ4n) is 3.03. The Hall–Kier alpha value is -0.0800. The van der Waals surface area contributed by atoms with Crippen LogP contribution in [0.4, 0.5) is 0 Å². The van der Waals surface area contributed by atoms with E-state index in [0.717, 1.165) is 18.9 Å². The Labute approximate surface area is 88.8 Å². The van der Waals surface area contributed by atoms with Crippen molar-refractivity contribution in [1.29, 1.82) is 0 Å². The fraction of sp³-hybridized carbons (Fsp3) is 1.00. The van der Waals surface area contributed by atoms with Gasteiger partial charge in [-0.2, -0.15) is 0 Å². The average Bonchev–Trinajstić information content (AvgIpc) is 1.94. The lowest BCUT2D eigenvalue weighted by molar-refractivity contribution is 0.0379. The summed E-state index contributed by atoms with van der Waals surface area (Å²) in [7, 11) is 4.42. The Morgan fingerprint density at radius 1 is 1.36 bits per heavy atom. The summed E-state index contributed by atoms with van der Waals surface area (Å²) in [6.45, 7) is 5.54. The zero-order valence-electron chi connectivity index (χ0n) is 10.2. The Morgan fingerprint density at radius 2 is 1.93 bits per heavy atom. The van der Waals surface area contributed by atoms with Crippen LogP contribution in [-0.2, 0) is 0 Å². The third-order valence-corrected chi connectivity index (χ3v) is 3.74. The Kier molecular flexibility index (Phi) is 3.96. The van der Waals surface area contributed by atoms with Crippen molar-refractivity contribution in [1.82, 2.24) is 4.90 Å². The molecule has 2 heteroatoms. The van der Waals surface area contributed by atoms with Gasteiger partial charge in [0, 0.05) is 6.04 Å². The molecule has 0 aromatic heterocycles. The van der Waals surface area contributed by atoms with E-state index in [2.05, 4.69) is 32.8 Å². The lowest BCUT2D eigenvalue weighted by Gasteiger charge is -2.47. The van der Waals surface area contributed by atoms with E-state index in [1.54, 1.807) is 0 Å². The second-order valence-corrected chi connectivity index (χ2v) is 5.63. The van der Waals surface area contributed by atoms with Crippen molar-refractivity contribution >= 4 is 0 Å². The highest BCUT2D eigenvalue weighted by Gasteiger charge is 2.38. The first-order valence-corrected chi connectivity index (χ1v) is 5.85. The molecule has 2 N–H and O–H groups in total. The summed E-state index contributed by atoms with van der Waals surface area (Å²) in [5, 5.41) is 0. The molecule has 1 unspecified atom stereocenters. The Bertz CT molecular complexity index is 171. The van der Waals surface area contributed by atoms with Crippen molar-refractivity contribution in [3.63, 3.8) is 0 Å². The number of hydrogen-bond donors (Lipinski definition) is 1. The molecule has 1 saturated carbocycles. The maximum Gasteiger partial charge on any atom is 0.0169 e. The number of nitrogens with two attached hydrogens (primary N) is 1. The maximum atomic E-state index is 5.69. The number of rotatable bonds is 5. The van der Waals surface area contributed by atoms with Gasteiger partial charge in [0.15, 0.2) is 0 Å². The van der Waals surface area contributed by atoms with Crippen LogP contribution in [0.25, 0.3) is 0 Å². The van der Waals surface area contributed by atoms with Gasteiger partial charge in [-0.1, -0.05) is 20.3 Å². The standard InChI is InChI=1S/C12H26N2/c1-12(2,8-9-13)11(14(3)4)10-6-5-7-10/h10-11H,5-9,13H2,1-4H3. The molecule has 2 nitrogen and oxygen atoms in total. The molecule has 84 valence electrons. The smallest absolute Gasteiger partial charge is 0.0169 e. The Balaban J connectivity index is 2.64. The first-order valence-electron chi connectivity index (χ1n) is 5.85. The van der Waals surface area contributed by atoms with Crippen LogP contribution in [0.3, 0.4) is 0 Å². The van der Waals surface area contributed by atoms with E-state index >= 15 is 0 Å². The minimum absolute atomic E-state index is 0.364. The lowest BCUT2D eigenvalue weighted by atomic mass is 9.67. The minimum atomic E-state index is 0.364. The molecule has 1 aliphatic rings. The normalized spacial score (nSPS) is 21.0. The third kappa shape index (κ3) is 2.48. The molecule has 0 aromatic rings. The Morgan fingerprint density at radius 3 is 2.21 bits per heavy atom. The average molecular weight is 198 g/mol. The van der Waals surface area contributed by atoms with Gasteiger partial charge < -0.3 is 10.6 Å². The molecule has 0 amide bonds. The quantitative estimate of drug-likeness (QED) is 0.733. The molecule has 0 radical (unpaired) electrons. The van der Waals surface area contributed by atoms with E-state index in [1.807, 2.05) is 0 Å². The molecule has 0 heterocycles. The van der Waals surface area contributed by atoms with Crippen LogP contribution in [0.15, 0.2) is 0 Å². The molecular formula is C12H26N2. The van der Waals surface area contributed by atoms with Crippen molar-refractivity contribution in [3.8, 4) is 0 Å². The highest BCUT2D eigenvalue weighted by molar-refractivity contribution is 4.92. The van der Waals surface area contributed by atoms with E-state index in [4.69, 9.17) is 5.73 Å². The van der Waals surface area contributed by atoms with Crippen molar-refractivity contribution in [2.45, 2.75) is 45.6 Å². The zero-order chi connectivity index (χ0) is 10.8. The first-order chi connectivity index (χ1) is 6.49. The van der Waals surface area contributed by atoms with E-state index in [9.17, 15) is 0 Å². The molecular weight excluding hydrogens is 172 g/mol. The highest BCUT2D eigenvalue weighted by atomic mass is 15.1. The first kappa shape index (κ1) is 12.0. The van der Waals surface area contributed by atoms with Gasteiger partial charge >= 0.3 is 0 Å². The molecule has 0 spiro atoms. The van der Waals surface area contributed by atoms with Crippen molar-refractivity contribution in [2.75, 3.05) is 20.6 Å². The monoisotopic (exact) mass is 198 g/mol. The zero-order valence-corrected chi connectivity index (χ0v) is 10.2. The van der Waals surface area contributed by atoms with Crippen LogP contribution in [0, 0.1) is 11.3 Å². The third-order valence-electron chi connectivity index (χ3n) is 3.74. The second kappa shape index (κ2) is 4.63. The van der Waals surface area contributed by atoms with Crippen molar-refractivity contribution in [3.05, 3.63) is 0 Å². The molecule has 1 rings (SSSR count). The lowest BCUT2D eigenvalue weighted by Crippen LogP contribution is -2.49. The van der Waals surface area contributed by atoms with Gasteiger partial charge in [-0.05, 0) is 51.2 Å². The van der Waals surface area contributed by atoms with Gasteiger partial charge in [0.1, 0.15) is 0 Å². The summed E-state index contributed by atoms with van der Waals surface area (Å²) in [5.41, 5.74) is 6.06. The highest BCUT2D eigenvalue weighted by Crippen LogP contribution is 2.41. The summed E-state index contributed by atoms with van der Waals surface area (Å²) in [6, 6.07) is 0.708. The summed E-state index contributed by atoms with van der Waals surface area (Å²) < 4.78 is 0. The van der Waals surface area contributed by atoms with Gasteiger partial charge in [0.05, 0.1) is 0 Å². The largest absolute Gasteiger partial charge is 0.330 e. The molecule has 0 aromatic carbocycles. The van der Waals surface area contributed by atoms with Crippen LogP contribution in [0.2, 0.25) is 0 Å². The molecule has 1 aliphatic carbocycles. The van der Waals surface area contributed by atoms with Crippen LogP contribution in [-0.4, -0.2) is 31.6 Å². The molecule has 1 atom stereocenters. The number of nitrogens with zero attached hydrogens (tertiary/aromatic N) is 1. The van der Waals surface area contributed by atoms with E-state index in [1.165, 1.54) is 19.3 Å². The number of hydrogen-bond acceptors (Lipinski definition) is 2. The van der Waals surface area contributed by atoms with Gasteiger partial charge in [0.2, 0.25) is 0 Å². The summed E-state index contributed by atoms with van der Waals surface area (Å²) in [4.78, 5) is 2.40. The van der Waals surface area contributed by atoms with Crippen LogP contribution in [0.1, 0.15) is 39.5 Å².